The summed E-state index contributed by atoms with van der Waals surface area (Å²) in [5.74, 6) is -2.18. The second-order valence-electron chi connectivity index (χ2n) is 8.61. The molecule has 3 rings (SSSR count). The summed E-state index contributed by atoms with van der Waals surface area (Å²) in [5.41, 5.74) is 1.35. The van der Waals surface area contributed by atoms with Crippen molar-refractivity contribution in [1.29, 1.82) is 0 Å². The Morgan fingerprint density at radius 3 is 2.33 bits per heavy atom. The minimum atomic E-state index is -1.04. The molecule has 180 valence electrons. The van der Waals surface area contributed by atoms with E-state index in [9.17, 15) is 19.7 Å². The van der Waals surface area contributed by atoms with Gasteiger partial charge in [0.1, 0.15) is 5.69 Å². The number of nitrogens with one attached hydrogen (secondary N) is 1. The van der Waals surface area contributed by atoms with Crippen molar-refractivity contribution in [3.8, 4) is 0 Å². The molecule has 1 atom stereocenters. The van der Waals surface area contributed by atoms with E-state index in [2.05, 4.69) is 10.3 Å². The third-order valence-electron chi connectivity index (χ3n) is 6.37. The van der Waals surface area contributed by atoms with Crippen LogP contribution in [0, 0.1) is 16.0 Å². The quantitative estimate of drug-likeness (QED) is 0.354. The number of hydrogen-bond donors (Lipinski definition) is 1. The van der Waals surface area contributed by atoms with E-state index in [-0.39, 0.29) is 30.1 Å². The predicted molar refractivity (Wildman–Crippen MR) is 120 cm³/mol. The average molecular weight is 461 g/mol. The smallest absolute Gasteiger partial charge is 0.385 e. The second-order valence-corrected chi connectivity index (χ2v) is 8.61. The topological polar surface area (TPSA) is 126 Å². The summed E-state index contributed by atoms with van der Waals surface area (Å²) < 4.78 is 12.3. The third kappa shape index (κ3) is 5.26. The SMILES string of the molecule is CCOC(=O)C1=C(C)NC(C)=C(C(=O)OCCC2CCCCC2)C1c1c([N+](=O)[O-])ncn1C. The van der Waals surface area contributed by atoms with Crippen LogP contribution in [0.4, 0.5) is 5.82 Å². The molecule has 2 aliphatic rings. The monoisotopic (exact) mass is 460 g/mol. The van der Waals surface area contributed by atoms with E-state index in [0.717, 1.165) is 19.3 Å². The molecule has 1 aromatic heterocycles. The van der Waals surface area contributed by atoms with Crippen molar-refractivity contribution >= 4 is 17.8 Å². The van der Waals surface area contributed by atoms with Crippen molar-refractivity contribution in [3.05, 3.63) is 44.7 Å². The lowest BCUT2D eigenvalue weighted by Crippen LogP contribution is -2.33. The zero-order valence-electron chi connectivity index (χ0n) is 19.7. The molecule has 1 aromatic rings. The molecule has 0 amide bonds. The fourth-order valence-corrected chi connectivity index (χ4v) is 4.79. The number of aryl methyl sites for hydroxylation is 1. The van der Waals surface area contributed by atoms with E-state index in [4.69, 9.17) is 9.47 Å². The van der Waals surface area contributed by atoms with Crippen LogP contribution in [0.3, 0.4) is 0 Å². The Morgan fingerprint density at radius 1 is 1.15 bits per heavy atom. The van der Waals surface area contributed by atoms with Gasteiger partial charge >= 0.3 is 17.8 Å². The third-order valence-corrected chi connectivity index (χ3v) is 6.37. The number of ether oxygens (including phenoxy) is 2. The molecule has 0 spiro atoms. The van der Waals surface area contributed by atoms with Gasteiger partial charge in [-0.3, -0.25) is 0 Å². The van der Waals surface area contributed by atoms with Crippen molar-refractivity contribution in [2.24, 2.45) is 13.0 Å². The van der Waals surface area contributed by atoms with Gasteiger partial charge in [-0.1, -0.05) is 32.1 Å². The summed E-state index contributed by atoms with van der Waals surface area (Å²) in [6.45, 7) is 5.43. The summed E-state index contributed by atoms with van der Waals surface area (Å²) in [5, 5.41) is 14.8. The summed E-state index contributed by atoms with van der Waals surface area (Å²) in [7, 11) is 1.59. The number of aromatic nitrogens is 2. The Bertz CT molecular complexity index is 987. The van der Waals surface area contributed by atoms with Crippen molar-refractivity contribution < 1.29 is 24.0 Å². The highest BCUT2D eigenvalue weighted by molar-refractivity contribution is 6.00. The van der Waals surface area contributed by atoms with Gasteiger partial charge in [0.05, 0.1) is 30.3 Å². The fraction of sp³-hybridized carbons (Fsp3) is 0.609. The highest BCUT2D eigenvalue weighted by atomic mass is 16.6. The molecule has 33 heavy (non-hydrogen) atoms. The van der Waals surface area contributed by atoms with E-state index in [1.54, 1.807) is 27.8 Å². The molecule has 0 radical (unpaired) electrons. The number of nitrogens with zero attached hydrogens (tertiary/aromatic N) is 3. The van der Waals surface area contributed by atoms with Crippen LogP contribution in [0.5, 0.6) is 0 Å². The van der Waals surface area contributed by atoms with Crippen LogP contribution in [-0.2, 0) is 26.1 Å². The zero-order chi connectivity index (χ0) is 24.1. The first kappa shape index (κ1) is 24.5. The molecule has 1 unspecified atom stereocenters. The molecule has 0 saturated heterocycles. The number of allylic oxidation sites excluding steroid dienone is 2. The standard InChI is InChI=1S/C23H32N4O6/c1-5-32-22(28)17-14(2)25-15(3)18(19(17)20-21(27(30)31)24-13-26(20)4)23(29)33-12-11-16-9-7-6-8-10-16/h13,16,19,25H,5-12H2,1-4H3. The maximum atomic E-state index is 13.3. The van der Waals surface area contributed by atoms with Crippen molar-refractivity contribution in [2.75, 3.05) is 13.2 Å². The molecular formula is C23H32N4O6. The van der Waals surface area contributed by atoms with Crippen LogP contribution in [0.25, 0.3) is 0 Å². The molecule has 10 heteroatoms. The van der Waals surface area contributed by atoms with Gasteiger partial charge in [-0.05, 0) is 43.0 Å². The number of carbonyl (C=O) groups is 2. The van der Waals surface area contributed by atoms with Crippen LogP contribution >= 0.6 is 0 Å². The van der Waals surface area contributed by atoms with E-state index >= 15 is 0 Å². The van der Waals surface area contributed by atoms with Crippen LogP contribution < -0.4 is 5.32 Å². The summed E-state index contributed by atoms with van der Waals surface area (Å²) in [6.07, 6.45) is 8.01. The van der Waals surface area contributed by atoms with Gasteiger partial charge in [-0.25, -0.2) is 9.59 Å². The number of esters is 2. The van der Waals surface area contributed by atoms with Crippen molar-refractivity contribution in [3.63, 3.8) is 0 Å². The van der Waals surface area contributed by atoms with E-state index in [1.807, 2.05) is 0 Å². The molecular weight excluding hydrogens is 428 g/mol. The van der Waals surface area contributed by atoms with Gasteiger partial charge in [0.25, 0.3) is 0 Å². The summed E-state index contributed by atoms with van der Waals surface area (Å²) in [6, 6.07) is 0. The van der Waals surface area contributed by atoms with E-state index in [0.29, 0.717) is 17.3 Å². The van der Waals surface area contributed by atoms with Gasteiger partial charge in [0, 0.05) is 18.4 Å². The maximum absolute atomic E-state index is 13.3. The number of imidazole rings is 1. The predicted octanol–water partition coefficient (Wildman–Crippen LogP) is 3.64. The minimum absolute atomic E-state index is 0.125. The summed E-state index contributed by atoms with van der Waals surface area (Å²) >= 11 is 0. The number of dihydropyridines is 1. The molecule has 1 aliphatic carbocycles. The lowest BCUT2D eigenvalue weighted by Gasteiger charge is -2.30. The molecule has 1 fully saturated rings. The molecule has 0 bridgehead atoms. The zero-order valence-corrected chi connectivity index (χ0v) is 19.7. The van der Waals surface area contributed by atoms with Gasteiger partial charge in [-0.15, -0.1) is 0 Å². The van der Waals surface area contributed by atoms with Gasteiger partial charge in [0.2, 0.25) is 6.33 Å². The fourth-order valence-electron chi connectivity index (χ4n) is 4.79. The lowest BCUT2D eigenvalue weighted by molar-refractivity contribution is -0.390. The van der Waals surface area contributed by atoms with Crippen LogP contribution in [0.2, 0.25) is 0 Å². The first-order valence-electron chi connectivity index (χ1n) is 11.4. The molecule has 2 heterocycles. The van der Waals surface area contributed by atoms with Gasteiger partial charge in [-0.2, -0.15) is 0 Å². The average Bonchev–Trinajstić information content (AvgIpc) is 3.15. The second kappa shape index (κ2) is 10.6. The molecule has 10 nitrogen and oxygen atoms in total. The Labute approximate surface area is 193 Å². The van der Waals surface area contributed by atoms with E-state index in [1.165, 1.54) is 30.2 Å². The van der Waals surface area contributed by atoms with Crippen molar-refractivity contribution in [1.82, 2.24) is 14.9 Å². The highest BCUT2D eigenvalue weighted by Crippen LogP contribution is 2.42. The number of rotatable bonds is 8. The molecule has 1 N–H and O–H groups in total. The van der Waals surface area contributed by atoms with Gasteiger partial charge < -0.3 is 29.5 Å². The van der Waals surface area contributed by atoms with Crippen LogP contribution in [0.15, 0.2) is 28.9 Å². The van der Waals surface area contributed by atoms with Crippen LogP contribution in [-0.4, -0.2) is 39.6 Å². The highest BCUT2D eigenvalue weighted by Gasteiger charge is 2.43. The lowest BCUT2D eigenvalue weighted by atomic mass is 9.82. The molecule has 1 aliphatic heterocycles. The van der Waals surface area contributed by atoms with E-state index < -0.39 is 28.6 Å². The largest absolute Gasteiger partial charge is 0.463 e. The van der Waals surface area contributed by atoms with Crippen LogP contribution in [0.1, 0.15) is 70.9 Å². The van der Waals surface area contributed by atoms with Crippen molar-refractivity contribution in [2.45, 2.75) is 65.2 Å². The number of hydrogen-bond acceptors (Lipinski definition) is 8. The number of nitro groups is 1. The molecule has 1 saturated carbocycles. The maximum Gasteiger partial charge on any atom is 0.385 e. The first-order valence-corrected chi connectivity index (χ1v) is 11.4. The normalized spacial score (nSPS) is 19.3. The first-order chi connectivity index (χ1) is 15.8. The summed E-state index contributed by atoms with van der Waals surface area (Å²) in [4.78, 5) is 41.2. The Kier molecular flexibility index (Phi) is 7.88. The minimum Gasteiger partial charge on any atom is -0.463 e. The molecule has 0 aromatic carbocycles. The van der Waals surface area contributed by atoms with Gasteiger partial charge in [0.15, 0.2) is 0 Å². The Balaban J connectivity index is 1.96. The Hall–Kier alpha value is -3.17. The Morgan fingerprint density at radius 2 is 1.76 bits per heavy atom. The number of carbonyl (C=O) groups excluding carboxylic acids is 2.